The third kappa shape index (κ3) is 4.71. The summed E-state index contributed by atoms with van der Waals surface area (Å²) in [5, 5.41) is 5.08. The van der Waals surface area contributed by atoms with Crippen molar-refractivity contribution in [2.24, 2.45) is 0 Å². The van der Waals surface area contributed by atoms with E-state index < -0.39 is 0 Å². The Morgan fingerprint density at radius 3 is 1.48 bits per heavy atom. The van der Waals surface area contributed by atoms with Gasteiger partial charge in [-0.2, -0.15) is 0 Å². The molecule has 3 heteroatoms. The van der Waals surface area contributed by atoms with Crippen molar-refractivity contribution >= 4 is 21.5 Å². The molecule has 44 heavy (non-hydrogen) atoms. The van der Waals surface area contributed by atoms with Crippen LogP contribution in [0.25, 0.3) is 77.4 Å². The topological polar surface area (TPSA) is 38.7 Å². The van der Waals surface area contributed by atoms with Gasteiger partial charge in [0.25, 0.3) is 0 Å². The third-order valence-electron chi connectivity index (χ3n) is 8.25. The summed E-state index contributed by atoms with van der Waals surface area (Å²) in [6, 6.07) is 49.5. The summed E-state index contributed by atoms with van der Waals surface area (Å²) in [5.74, 6) is 0. The SMILES string of the molecule is c1cncc(-c2cc(-c3ccccc3-c3ccc(-c4cc5ccccc5c5ccccc45)cc3)cc(-c3cccnc3)n2)c1. The van der Waals surface area contributed by atoms with Crippen LogP contribution in [0.3, 0.4) is 0 Å². The molecule has 5 aromatic carbocycles. The second-order valence-electron chi connectivity index (χ2n) is 10.9. The summed E-state index contributed by atoms with van der Waals surface area (Å²) in [6.07, 6.45) is 7.30. The zero-order valence-electron chi connectivity index (χ0n) is 23.9. The van der Waals surface area contributed by atoms with Crippen LogP contribution in [-0.2, 0) is 0 Å². The molecule has 0 atom stereocenters. The van der Waals surface area contributed by atoms with Gasteiger partial charge >= 0.3 is 0 Å². The van der Waals surface area contributed by atoms with E-state index >= 15 is 0 Å². The van der Waals surface area contributed by atoms with Crippen LogP contribution in [0.15, 0.2) is 164 Å². The number of hydrogen-bond donors (Lipinski definition) is 0. The van der Waals surface area contributed by atoms with Crippen molar-refractivity contribution in [3.8, 4) is 55.9 Å². The molecule has 0 amide bonds. The molecular formula is C41H27N3. The monoisotopic (exact) mass is 561 g/mol. The molecule has 0 bridgehead atoms. The Morgan fingerprint density at radius 1 is 0.341 bits per heavy atom. The van der Waals surface area contributed by atoms with Crippen LogP contribution >= 0.6 is 0 Å². The van der Waals surface area contributed by atoms with Gasteiger partial charge in [0.05, 0.1) is 11.4 Å². The van der Waals surface area contributed by atoms with E-state index in [0.717, 1.165) is 39.2 Å². The first-order valence-corrected chi connectivity index (χ1v) is 14.8. The lowest BCUT2D eigenvalue weighted by atomic mass is 9.90. The minimum absolute atomic E-state index is 0.878. The summed E-state index contributed by atoms with van der Waals surface area (Å²) in [7, 11) is 0. The number of pyridine rings is 3. The highest BCUT2D eigenvalue weighted by Gasteiger charge is 2.14. The highest BCUT2D eigenvalue weighted by atomic mass is 14.7. The lowest BCUT2D eigenvalue weighted by Gasteiger charge is -2.15. The molecule has 8 rings (SSSR count). The van der Waals surface area contributed by atoms with Gasteiger partial charge in [-0.05, 0) is 97.4 Å². The first-order valence-electron chi connectivity index (χ1n) is 14.8. The summed E-state index contributed by atoms with van der Waals surface area (Å²) in [4.78, 5) is 13.7. The molecule has 0 aliphatic heterocycles. The molecule has 206 valence electrons. The van der Waals surface area contributed by atoms with Gasteiger partial charge in [-0.1, -0.05) is 97.1 Å². The number of rotatable bonds is 5. The van der Waals surface area contributed by atoms with Crippen molar-refractivity contribution in [1.82, 2.24) is 15.0 Å². The Morgan fingerprint density at radius 2 is 0.864 bits per heavy atom. The van der Waals surface area contributed by atoms with Gasteiger partial charge < -0.3 is 0 Å². The normalized spacial score (nSPS) is 11.2. The van der Waals surface area contributed by atoms with E-state index in [1.165, 1.54) is 38.2 Å². The van der Waals surface area contributed by atoms with Crippen molar-refractivity contribution in [3.05, 3.63) is 164 Å². The predicted octanol–water partition coefficient (Wildman–Crippen LogP) is 10.5. The van der Waals surface area contributed by atoms with E-state index in [1.54, 1.807) is 12.4 Å². The highest BCUT2D eigenvalue weighted by molar-refractivity contribution is 6.13. The first-order chi connectivity index (χ1) is 21.8. The highest BCUT2D eigenvalue weighted by Crippen LogP contribution is 2.38. The molecule has 0 N–H and O–H groups in total. The number of benzene rings is 5. The number of nitrogens with zero attached hydrogens (tertiary/aromatic N) is 3. The van der Waals surface area contributed by atoms with Crippen molar-refractivity contribution in [3.63, 3.8) is 0 Å². The average Bonchev–Trinajstić information content (AvgIpc) is 3.12. The fourth-order valence-electron chi connectivity index (χ4n) is 6.12. The molecular weight excluding hydrogens is 534 g/mol. The second-order valence-corrected chi connectivity index (χ2v) is 10.9. The van der Waals surface area contributed by atoms with E-state index in [4.69, 9.17) is 4.98 Å². The molecule has 0 aliphatic carbocycles. The van der Waals surface area contributed by atoms with Gasteiger partial charge in [0, 0.05) is 35.9 Å². The quantitative estimate of drug-likeness (QED) is 0.196. The Kier molecular flexibility index (Phi) is 6.47. The van der Waals surface area contributed by atoms with Crippen LogP contribution in [0.1, 0.15) is 0 Å². The van der Waals surface area contributed by atoms with Crippen LogP contribution in [0.4, 0.5) is 0 Å². The van der Waals surface area contributed by atoms with Crippen molar-refractivity contribution in [2.75, 3.05) is 0 Å². The molecule has 0 saturated heterocycles. The lowest BCUT2D eigenvalue weighted by molar-refractivity contribution is 1.26. The van der Waals surface area contributed by atoms with Crippen LogP contribution in [0.2, 0.25) is 0 Å². The standard InChI is InChI=1S/C41H27N3/c1-2-13-35-30(9-1)23-39(38-16-6-5-15-37(35)38)29-19-17-28(18-20-29)34-12-3-4-14-36(34)33-24-40(31-10-7-21-42-26-31)44-41(25-33)32-11-8-22-43-27-32/h1-27H. The minimum Gasteiger partial charge on any atom is -0.264 e. The predicted molar refractivity (Wildman–Crippen MR) is 182 cm³/mol. The second kappa shape index (κ2) is 11.0. The number of hydrogen-bond acceptors (Lipinski definition) is 3. The minimum atomic E-state index is 0.878. The fourth-order valence-corrected chi connectivity index (χ4v) is 6.12. The summed E-state index contributed by atoms with van der Waals surface area (Å²) in [6.45, 7) is 0. The first kappa shape index (κ1) is 25.8. The molecule has 3 aromatic heterocycles. The van der Waals surface area contributed by atoms with Gasteiger partial charge in [0.2, 0.25) is 0 Å². The summed E-state index contributed by atoms with van der Waals surface area (Å²) < 4.78 is 0. The fraction of sp³-hybridized carbons (Fsp3) is 0. The maximum atomic E-state index is 5.01. The maximum absolute atomic E-state index is 5.01. The Labute approximate surface area is 256 Å². The van der Waals surface area contributed by atoms with Crippen LogP contribution in [0, 0.1) is 0 Å². The van der Waals surface area contributed by atoms with Crippen molar-refractivity contribution in [2.45, 2.75) is 0 Å². The van der Waals surface area contributed by atoms with Crippen LogP contribution < -0.4 is 0 Å². The molecule has 0 unspecified atom stereocenters. The molecule has 8 aromatic rings. The molecule has 0 radical (unpaired) electrons. The summed E-state index contributed by atoms with van der Waals surface area (Å²) >= 11 is 0. The van der Waals surface area contributed by atoms with E-state index in [-0.39, 0.29) is 0 Å². The zero-order chi connectivity index (χ0) is 29.3. The molecule has 0 fully saturated rings. The third-order valence-corrected chi connectivity index (χ3v) is 8.25. The molecule has 3 nitrogen and oxygen atoms in total. The van der Waals surface area contributed by atoms with E-state index in [2.05, 4.69) is 125 Å². The zero-order valence-corrected chi connectivity index (χ0v) is 23.9. The van der Waals surface area contributed by atoms with E-state index in [9.17, 15) is 0 Å². The van der Waals surface area contributed by atoms with Gasteiger partial charge in [-0.25, -0.2) is 4.98 Å². The Bertz CT molecular complexity index is 2200. The summed E-state index contributed by atoms with van der Waals surface area (Å²) in [5.41, 5.74) is 10.7. The Balaban J connectivity index is 1.25. The van der Waals surface area contributed by atoms with E-state index in [0.29, 0.717) is 0 Å². The van der Waals surface area contributed by atoms with Gasteiger partial charge in [0.1, 0.15) is 0 Å². The number of fused-ring (bicyclic) bond motifs is 3. The van der Waals surface area contributed by atoms with Crippen LogP contribution in [-0.4, -0.2) is 15.0 Å². The molecule has 0 saturated carbocycles. The van der Waals surface area contributed by atoms with E-state index in [1.807, 2.05) is 36.7 Å². The van der Waals surface area contributed by atoms with Gasteiger partial charge in [0.15, 0.2) is 0 Å². The van der Waals surface area contributed by atoms with Gasteiger partial charge in [-0.15, -0.1) is 0 Å². The van der Waals surface area contributed by atoms with Crippen molar-refractivity contribution < 1.29 is 0 Å². The molecule has 0 aliphatic rings. The molecule has 0 spiro atoms. The van der Waals surface area contributed by atoms with Crippen LogP contribution in [0.5, 0.6) is 0 Å². The average molecular weight is 562 g/mol. The number of aromatic nitrogens is 3. The smallest absolute Gasteiger partial charge is 0.0731 e. The van der Waals surface area contributed by atoms with Crippen molar-refractivity contribution in [1.29, 1.82) is 0 Å². The maximum Gasteiger partial charge on any atom is 0.0731 e. The molecule has 3 heterocycles. The lowest BCUT2D eigenvalue weighted by Crippen LogP contribution is -1.93. The van der Waals surface area contributed by atoms with Gasteiger partial charge in [-0.3, -0.25) is 9.97 Å². The Hall–Kier alpha value is -5.93. The largest absolute Gasteiger partial charge is 0.264 e.